The average molecular weight is 303 g/mol. The Hall–Kier alpha value is -0.670. The first-order valence-electron chi connectivity index (χ1n) is 6.97. The summed E-state index contributed by atoms with van der Waals surface area (Å²) in [5, 5.41) is 4.21. The molecule has 0 aliphatic heterocycles. The van der Waals surface area contributed by atoms with Crippen molar-refractivity contribution < 1.29 is 4.74 Å². The number of ether oxygens (including phenoxy) is 1. The Morgan fingerprint density at radius 1 is 1.26 bits per heavy atom. The maximum atomic E-state index is 6.16. The fourth-order valence-corrected chi connectivity index (χ4v) is 2.71. The predicted octanol–water partition coefficient (Wildman–Crippen LogP) is 4.92. The van der Waals surface area contributed by atoms with Crippen LogP contribution in [0.5, 0.6) is 5.88 Å². The molecular formula is C14H20Cl2N2O. The molecule has 1 aliphatic rings. The van der Waals surface area contributed by atoms with Gasteiger partial charge in [-0.1, -0.05) is 36.5 Å². The Kier molecular flexibility index (Phi) is 5.59. The third-order valence-corrected chi connectivity index (χ3v) is 3.83. The number of aromatic nitrogens is 1. The molecule has 1 fully saturated rings. The van der Waals surface area contributed by atoms with E-state index in [1.165, 1.54) is 19.3 Å². The van der Waals surface area contributed by atoms with Gasteiger partial charge in [0.15, 0.2) is 0 Å². The molecule has 5 heteroatoms. The Morgan fingerprint density at radius 3 is 2.68 bits per heavy atom. The summed E-state index contributed by atoms with van der Waals surface area (Å²) in [4.78, 5) is 4.41. The lowest BCUT2D eigenvalue weighted by molar-refractivity contribution is 0.149. The zero-order valence-corrected chi connectivity index (χ0v) is 12.7. The molecule has 19 heavy (non-hydrogen) atoms. The Labute approximate surface area is 124 Å². The molecule has 0 radical (unpaired) electrons. The van der Waals surface area contributed by atoms with Crippen LogP contribution < -0.4 is 10.1 Å². The van der Waals surface area contributed by atoms with E-state index in [1.54, 1.807) is 6.07 Å². The van der Waals surface area contributed by atoms with Crippen molar-refractivity contribution in [2.45, 2.75) is 51.6 Å². The van der Waals surface area contributed by atoms with Crippen LogP contribution >= 0.6 is 23.2 Å². The molecule has 0 saturated heterocycles. The van der Waals surface area contributed by atoms with E-state index in [9.17, 15) is 0 Å². The second kappa shape index (κ2) is 7.20. The largest absolute Gasteiger partial charge is 0.473 e. The van der Waals surface area contributed by atoms with Crippen molar-refractivity contribution in [2.24, 2.45) is 0 Å². The third kappa shape index (κ3) is 4.15. The van der Waals surface area contributed by atoms with Crippen molar-refractivity contribution >= 4 is 29.0 Å². The molecule has 0 amide bonds. The lowest BCUT2D eigenvalue weighted by Crippen LogP contribution is -2.20. The zero-order valence-electron chi connectivity index (χ0n) is 11.2. The van der Waals surface area contributed by atoms with Crippen LogP contribution in [0.25, 0.3) is 0 Å². The SMILES string of the molecule is CCCNc1nc(OC2CCCCC2)c(Cl)cc1Cl. The van der Waals surface area contributed by atoms with E-state index in [0.717, 1.165) is 25.8 Å². The van der Waals surface area contributed by atoms with Crippen LogP contribution in [-0.2, 0) is 0 Å². The fourth-order valence-electron chi connectivity index (χ4n) is 2.24. The van der Waals surface area contributed by atoms with Crippen molar-refractivity contribution in [1.29, 1.82) is 0 Å². The van der Waals surface area contributed by atoms with Crippen LogP contribution in [0.1, 0.15) is 45.4 Å². The van der Waals surface area contributed by atoms with Crippen LogP contribution in [-0.4, -0.2) is 17.6 Å². The monoisotopic (exact) mass is 302 g/mol. The van der Waals surface area contributed by atoms with E-state index in [2.05, 4.69) is 17.2 Å². The molecule has 0 spiro atoms. The first-order valence-corrected chi connectivity index (χ1v) is 7.73. The summed E-state index contributed by atoms with van der Waals surface area (Å²) in [7, 11) is 0. The summed E-state index contributed by atoms with van der Waals surface area (Å²) in [6, 6.07) is 1.70. The molecule has 0 unspecified atom stereocenters. The second-order valence-electron chi connectivity index (χ2n) is 4.91. The molecule has 0 aromatic carbocycles. The number of nitrogens with zero attached hydrogens (tertiary/aromatic N) is 1. The number of nitrogens with one attached hydrogen (secondary N) is 1. The summed E-state index contributed by atoms with van der Waals surface area (Å²) in [5.41, 5.74) is 0. The summed E-state index contributed by atoms with van der Waals surface area (Å²) in [5.74, 6) is 1.15. The van der Waals surface area contributed by atoms with Crippen LogP contribution in [0.15, 0.2) is 6.07 Å². The highest BCUT2D eigenvalue weighted by atomic mass is 35.5. The number of hydrogen-bond acceptors (Lipinski definition) is 3. The fraction of sp³-hybridized carbons (Fsp3) is 0.643. The average Bonchev–Trinajstić information content (AvgIpc) is 2.42. The standard InChI is InChI=1S/C14H20Cl2N2O/c1-2-8-17-13-11(15)9-12(16)14(18-13)19-10-6-4-3-5-7-10/h9-10H,2-8H2,1H3,(H,17,18). The van der Waals surface area contributed by atoms with E-state index < -0.39 is 0 Å². The minimum atomic E-state index is 0.235. The first kappa shape index (κ1) is 14.7. The van der Waals surface area contributed by atoms with Gasteiger partial charge in [-0.2, -0.15) is 4.98 Å². The van der Waals surface area contributed by atoms with Gasteiger partial charge in [-0.25, -0.2) is 0 Å². The highest BCUT2D eigenvalue weighted by Gasteiger charge is 2.18. The van der Waals surface area contributed by atoms with Crippen molar-refractivity contribution in [3.8, 4) is 5.88 Å². The van der Waals surface area contributed by atoms with Crippen LogP contribution in [0, 0.1) is 0 Å². The normalized spacial score (nSPS) is 16.4. The molecule has 1 aromatic rings. The number of hydrogen-bond donors (Lipinski definition) is 1. The second-order valence-corrected chi connectivity index (χ2v) is 5.72. The molecule has 1 aliphatic carbocycles. The molecule has 3 nitrogen and oxygen atoms in total. The summed E-state index contributed by atoms with van der Waals surface area (Å²) in [6.45, 7) is 2.92. The highest BCUT2D eigenvalue weighted by Crippen LogP contribution is 2.33. The maximum absolute atomic E-state index is 6.16. The van der Waals surface area contributed by atoms with Crippen molar-refractivity contribution in [3.63, 3.8) is 0 Å². The van der Waals surface area contributed by atoms with Crippen molar-refractivity contribution in [1.82, 2.24) is 4.98 Å². The van der Waals surface area contributed by atoms with Gasteiger partial charge in [-0.15, -0.1) is 0 Å². The van der Waals surface area contributed by atoms with Crippen LogP contribution in [0.3, 0.4) is 0 Å². The van der Waals surface area contributed by atoms with E-state index >= 15 is 0 Å². The van der Waals surface area contributed by atoms with Gasteiger partial charge in [0.25, 0.3) is 0 Å². The minimum Gasteiger partial charge on any atom is -0.473 e. The van der Waals surface area contributed by atoms with E-state index in [1.807, 2.05) is 0 Å². The maximum Gasteiger partial charge on any atom is 0.234 e. The van der Waals surface area contributed by atoms with Crippen molar-refractivity contribution in [2.75, 3.05) is 11.9 Å². The summed E-state index contributed by atoms with van der Waals surface area (Å²) < 4.78 is 5.92. The lowest BCUT2D eigenvalue weighted by Gasteiger charge is -2.23. The lowest BCUT2D eigenvalue weighted by atomic mass is 9.98. The molecule has 1 heterocycles. The van der Waals surface area contributed by atoms with Crippen LogP contribution in [0.4, 0.5) is 5.82 Å². The minimum absolute atomic E-state index is 0.235. The predicted molar refractivity (Wildman–Crippen MR) is 80.5 cm³/mol. The molecular weight excluding hydrogens is 283 g/mol. The highest BCUT2D eigenvalue weighted by molar-refractivity contribution is 6.36. The van der Waals surface area contributed by atoms with Gasteiger partial charge in [0.05, 0.1) is 5.02 Å². The molecule has 1 N–H and O–H groups in total. The Morgan fingerprint density at radius 2 is 2.00 bits per heavy atom. The zero-order chi connectivity index (χ0) is 13.7. The van der Waals surface area contributed by atoms with Gasteiger partial charge in [-0.3, -0.25) is 0 Å². The van der Waals surface area contributed by atoms with E-state index in [4.69, 9.17) is 27.9 Å². The molecule has 0 atom stereocenters. The number of anilines is 1. The summed E-state index contributed by atoms with van der Waals surface area (Å²) >= 11 is 12.3. The van der Waals surface area contributed by atoms with Gasteiger partial charge in [0.1, 0.15) is 16.9 Å². The molecule has 1 saturated carbocycles. The number of pyridine rings is 1. The molecule has 2 rings (SSSR count). The van der Waals surface area contributed by atoms with Gasteiger partial charge < -0.3 is 10.1 Å². The van der Waals surface area contributed by atoms with Gasteiger partial charge in [0.2, 0.25) is 5.88 Å². The van der Waals surface area contributed by atoms with Crippen LogP contribution in [0.2, 0.25) is 10.0 Å². The van der Waals surface area contributed by atoms with Gasteiger partial charge in [0, 0.05) is 6.54 Å². The first-order chi connectivity index (χ1) is 9.20. The van der Waals surface area contributed by atoms with Gasteiger partial charge in [-0.05, 0) is 38.2 Å². The Balaban J connectivity index is 2.09. The van der Waals surface area contributed by atoms with Gasteiger partial charge >= 0.3 is 0 Å². The third-order valence-electron chi connectivity index (χ3n) is 3.27. The molecule has 106 valence electrons. The topological polar surface area (TPSA) is 34.2 Å². The van der Waals surface area contributed by atoms with Crippen molar-refractivity contribution in [3.05, 3.63) is 16.1 Å². The number of rotatable bonds is 5. The number of halogens is 2. The van der Waals surface area contributed by atoms with E-state index in [-0.39, 0.29) is 6.10 Å². The summed E-state index contributed by atoms with van der Waals surface area (Å²) in [6.07, 6.45) is 7.15. The molecule has 0 bridgehead atoms. The smallest absolute Gasteiger partial charge is 0.234 e. The Bertz CT molecular complexity index is 420. The quantitative estimate of drug-likeness (QED) is 0.838. The molecule has 1 aromatic heterocycles. The van der Waals surface area contributed by atoms with E-state index in [0.29, 0.717) is 21.7 Å².